The van der Waals surface area contributed by atoms with Gasteiger partial charge < -0.3 is 35.0 Å². The van der Waals surface area contributed by atoms with Gasteiger partial charge in [0.25, 0.3) is 0 Å². The van der Waals surface area contributed by atoms with Gasteiger partial charge in [0, 0.05) is 65.1 Å². The SMILES string of the molecule is CCCCCCCCCCCCCCCCCC(=O)OCC(COP(=O)(O)OCCNC(=O)CCC(C(=O)O)N1CCN(CC(=O)O)Cc2cccc(n2)CN(CC(=O)O)CC1)OC(=O)CCCCCCCCCCCCCCCCC. The van der Waals surface area contributed by atoms with Crippen molar-refractivity contribution in [3.05, 3.63) is 29.6 Å². The van der Waals surface area contributed by atoms with Gasteiger partial charge in [-0.05, 0) is 31.4 Å². The van der Waals surface area contributed by atoms with Gasteiger partial charge in [-0.15, -0.1) is 0 Å². The first-order valence-electron chi connectivity index (χ1n) is 31.6. The lowest BCUT2D eigenvalue weighted by molar-refractivity contribution is -0.161. The monoisotopic (exact) mass is 1180 g/mol. The molecule has 2 heterocycles. The molecule has 3 unspecified atom stereocenters. The Labute approximate surface area is 491 Å². The summed E-state index contributed by atoms with van der Waals surface area (Å²) < 4.78 is 34.4. The van der Waals surface area contributed by atoms with Gasteiger partial charge in [-0.2, -0.15) is 0 Å². The van der Waals surface area contributed by atoms with Crippen molar-refractivity contribution in [2.75, 3.05) is 65.6 Å². The lowest BCUT2D eigenvalue weighted by atomic mass is 10.0. The molecule has 0 spiro atoms. The molecule has 2 bridgehead atoms. The molecule has 3 atom stereocenters. The molecule has 1 aliphatic heterocycles. The summed E-state index contributed by atoms with van der Waals surface area (Å²) in [5.41, 5.74) is 1.15. The van der Waals surface area contributed by atoms with Gasteiger partial charge in [-0.1, -0.05) is 200 Å². The molecular formula is C61H108N5O15P. The van der Waals surface area contributed by atoms with E-state index in [9.17, 15) is 53.5 Å². The number of amides is 1. The number of nitrogens with zero attached hydrogens (tertiary/aromatic N) is 4. The Hall–Kier alpha value is -4.04. The molecular weight excluding hydrogens is 1070 g/mol. The molecule has 0 aromatic carbocycles. The number of aliphatic carboxylic acids is 3. The Kier molecular flexibility index (Phi) is 43.6. The second kappa shape index (κ2) is 48.2. The summed E-state index contributed by atoms with van der Waals surface area (Å²) in [6, 6.07) is 4.04. The first-order chi connectivity index (χ1) is 39.6. The number of carboxylic acids is 3. The largest absolute Gasteiger partial charge is 0.480 e. The van der Waals surface area contributed by atoms with Crippen LogP contribution in [-0.4, -0.2) is 153 Å². The van der Waals surface area contributed by atoms with Crippen LogP contribution in [0.5, 0.6) is 0 Å². The number of carbonyl (C=O) groups is 6. The quantitative estimate of drug-likeness (QED) is 0.0230. The fourth-order valence-corrected chi connectivity index (χ4v) is 11.0. The molecule has 1 aromatic rings. The van der Waals surface area contributed by atoms with E-state index in [1.807, 2.05) is 0 Å². The fourth-order valence-electron chi connectivity index (χ4n) is 10.2. The molecule has 21 heteroatoms. The Balaban J connectivity index is 1.86. The number of nitrogens with one attached hydrogen (secondary N) is 1. The zero-order valence-electron chi connectivity index (χ0n) is 50.4. The van der Waals surface area contributed by atoms with E-state index in [1.165, 1.54) is 141 Å². The second-order valence-electron chi connectivity index (χ2n) is 22.4. The highest BCUT2D eigenvalue weighted by Gasteiger charge is 2.30. The molecule has 0 saturated carbocycles. The zero-order chi connectivity index (χ0) is 59.9. The van der Waals surface area contributed by atoms with E-state index in [1.54, 1.807) is 32.9 Å². The lowest BCUT2D eigenvalue weighted by Crippen LogP contribution is -2.49. The van der Waals surface area contributed by atoms with Gasteiger partial charge in [0.15, 0.2) is 6.10 Å². The van der Waals surface area contributed by atoms with E-state index >= 15 is 0 Å². The minimum atomic E-state index is -4.78. The van der Waals surface area contributed by atoms with Crippen molar-refractivity contribution < 1.29 is 72.1 Å². The number of aromatic nitrogens is 1. The Morgan fingerprint density at radius 1 is 0.561 bits per heavy atom. The minimum absolute atomic E-state index is 0.0910. The van der Waals surface area contributed by atoms with E-state index in [-0.39, 0.29) is 91.2 Å². The standard InChI is InChI=1S/C61H108N5O15P/c1-3-5-7-9-11-13-15-17-19-21-23-25-27-29-31-36-59(72)78-50-54(81-60(73)37-32-30-28-26-24-22-20-18-16-14-12-10-8-6-4-2)51-80-82(76,77)79-45-40-62-56(67)39-38-55(61(74)75)66-43-41-64(48-57(68)69)46-52-34-33-35-53(63-52)47-65(42-44-66)49-58(70)71/h33-35,54-55H,3-32,36-51H2,1-2H3,(H,62,67)(H,68,69)(H,70,71)(H,74,75)(H,76,77). The summed E-state index contributed by atoms with van der Waals surface area (Å²) in [4.78, 5) is 95.0. The number of ether oxygens (including phenoxy) is 2. The van der Waals surface area contributed by atoms with Crippen molar-refractivity contribution in [1.29, 1.82) is 0 Å². The lowest BCUT2D eigenvalue weighted by Gasteiger charge is -2.33. The molecule has 1 aliphatic rings. The van der Waals surface area contributed by atoms with Gasteiger partial charge in [0.1, 0.15) is 12.6 Å². The summed E-state index contributed by atoms with van der Waals surface area (Å²) in [5.74, 6) is -4.97. The number of phosphoric acid groups is 1. The maximum absolute atomic E-state index is 13.0. The predicted octanol–water partition coefficient (Wildman–Crippen LogP) is 11.6. The molecule has 1 amide bonds. The normalized spacial score (nSPS) is 15.2. The van der Waals surface area contributed by atoms with E-state index < -0.39 is 68.9 Å². The van der Waals surface area contributed by atoms with Crippen LogP contribution >= 0.6 is 7.82 Å². The van der Waals surface area contributed by atoms with Gasteiger partial charge in [0.2, 0.25) is 5.91 Å². The third-order valence-corrected chi connectivity index (χ3v) is 15.9. The van der Waals surface area contributed by atoms with Crippen LogP contribution in [0, 0.1) is 0 Å². The molecule has 82 heavy (non-hydrogen) atoms. The summed E-state index contributed by atoms with van der Waals surface area (Å²) >= 11 is 0. The van der Waals surface area contributed by atoms with E-state index in [0.29, 0.717) is 24.2 Å². The predicted molar refractivity (Wildman–Crippen MR) is 317 cm³/mol. The average molecular weight is 1180 g/mol. The van der Waals surface area contributed by atoms with Gasteiger partial charge in [-0.3, -0.25) is 57.5 Å². The Morgan fingerprint density at radius 2 is 0.976 bits per heavy atom. The number of rotatable bonds is 51. The maximum atomic E-state index is 13.0. The van der Waals surface area contributed by atoms with Crippen LogP contribution < -0.4 is 5.32 Å². The van der Waals surface area contributed by atoms with E-state index in [4.69, 9.17) is 18.5 Å². The summed E-state index contributed by atoms with van der Waals surface area (Å²) in [7, 11) is -4.78. The van der Waals surface area contributed by atoms with Crippen LogP contribution in [0.25, 0.3) is 0 Å². The molecule has 0 radical (unpaired) electrons. The van der Waals surface area contributed by atoms with Crippen LogP contribution in [0.3, 0.4) is 0 Å². The number of fused-ring (bicyclic) bond motifs is 2. The maximum Gasteiger partial charge on any atom is 0.472 e. The van der Waals surface area contributed by atoms with Crippen molar-refractivity contribution in [2.45, 2.75) is 257 Å². The van der Waals surface area contributed by atoms with E-state index in [0.717, 1.165) is 38.5 Å². The summed E-state index contributed by atoms with van der Waals surface area (Å²) in [6.07, 6.45) is 34.5. The van der Waals surface area contributed by atoms with Crippen LogP contribution in [0.2, 0.25) is 0 Å². The van der Waals surface area contributed by atoms with E-state index in [2.05, 4.69) is 24.1 Å². The van der Waals surface area contributed by atoms with Crippen molar-refractivity contribution >= 4 is 43.6 Å². The molecule has 20 nitrogen and oxygen atoms in total. The van der Waals surface area contributed by atoms with Gasteiger partial charge in [0.05, 0.1) is 37.7 Å². The molecule has 0 fully saturated rings. The smallest absolute Gasteiger partial charge is 0.472 e. The third-order valence-electron chi connectivity index (χ3n) is 14.9. The third kappa shape index (κ3) is 41.1. The first kappa shape index (κ1) is 74.1. The fraction of sp³-hybridized carbons (Fsp3) is 0.820. The van der Waals surface area contributed by atoms with Crippen molar-refractivity contribution in [1.82, 2.24) is 25.0 Å². The van der Waals surface area contributed by atoms with Crippen LogP contribution in [0.1, 0.15) is 244 Å². The molecule has 0 aliphatic carbocycles. The molecule has 1 aromatic heterocycles. The topological polar surface area (TPSA) is 272 Å². The number of carboxylic acid groups (broad SMARTS) is 3. The Morgan fingerprint density at radius 3 is 1.39 bits per heavy atom. The molecule has 2 rings (SSSR count). The molecule has 0 saturated heterocycles. The number of hydrogen-bond acceptors (Lipinski definition) is 15. The number of hydrogen-bond donors (Lipinski definition) is 5. The highest BCUT2D eigenvalue weighted by atomic mass is 31.2. The van der Waals surface area contributed by atoms with Crippen molar-refractivity contribution in [2.24, 2.45) is 0 Å². The van der Waals surface area contributed by atoms with Gasteiger partial charge in [-0.25, -0.2) is 4.57 Å². The molecule has 472 valence electrons. The highest BCUT2D eigenvalue weighted by molar-refractivity contribution is 7.47. The van der Waals surface area contributed by atoms with Crippen molar-refractivity contribution in [3.8, 4) is 0 Å². The number of unbranched alkanes of at least 4 members (excludes halogenated alkanes) is 28. The highest BCUT2D eigenvalue weighted by Crippen LogP contribution is 2.43. The average Bonchev–Trinajstić information content (AvgIpc) is 3.47. The van der Waals surface area contributed by atoms with Gasteiger partial charge >= 0.3 is 37.7 Å². The number of pyridine rings is 1. The summed E-state index contributed by atoms with van der Waals surface area (Å²) in [6.45, 7) is 2.90. The number of phosphoric ester groups is 1. The van der Waals surface area contributed by atoms with Crippen LogP contribution in [0.4, 0.5) is 0 Å². The zero-order valence-corrected chi connectivity index (χ0v) is 51.3. The first-order valence-corrected chi connectivity index (χ1v) is 33.1. The van der Waals surface area contributed by atoms with Crippen LogP contribution in [0.15, 0.2) is 18.2 Å². The minimum Gasteiger partial charge on any atom is -0.480 e. The Bertz CT molecular complexity index is 1890. The molecule has 5 N–H and O–H groups in total. The van der Waals surface area contributed by atoms with Crippen LogP contribution in [-0.2, 0) is 64.9 Å². The number of esters is 2. The number of carbonyl (C=O) groups excluding carboxylic acids is 3. The summed E-state index contributed by atoms with van der Waals surface area (Å²) in [5, 5.41) is 32.1. The van der Waals surface area contributed by atoms with Crippen molar-refractivity contribution in [3.63, 3.8) is 0 Å². The second-order valence-corrected chi connectivity index (χ2v) is 23.9.